The number of hydrogen-bond donors (Lipinski definition) is 2. The highest BCUT2D eigenvalue weighted by atomic mass is 16.3. The Hall–Kier alpha value is -0.770. The van der Waals surface area contributed by atoms with Gasteiger partial charge in [0.2, 0.25) is 0 Å². The number of aliphatic hydroxyl groups is 1. The van der Waals surface area contributed by atoms with Crippen molar-refractivity contribution >= 4 is 5.96 Å². The van der Waals surface area contributed by atoms with Crippen molar-refractivity contribution < 1.29 is 5.11 Å². The summed E-state index contributed by atoms with van der Waals surface area (Å²) in [5.41, 5.74) is 6.08. The third-order valence-electron chi connectivity index (χ3n) is 4.07. The van der Waals surface area contributed by atoms with Crippen molar-refractivity contribution in [2.45, 2.75) is 57.6 Å². The van der Waals surface area contributed by atoms with E-state index in [1.807, 2.05) is 0 Å². The molecule has 1 saturated carbocycles. The predicted octanol–water partition coefficient (Wildman–Crippen LogP) is 1.34. The summed E-state index contributed by atoms with van der Waals surface area (Å²) in [5.74, 6) is 0.986. The zero-order valence-corrected chi connectivity index (χ0v) is 10.8. The quantitative estimate of drug-likeness (QED) is 0.536. The highest BCUT2D eigenvalue weighted by Gasteiger charge is 2.25. The van der Waals surface area contributed by atoms with Gasteiger partial charge in [-0.2, -0.15) is 0 Å². The molecule has 3 N–H and O–H groups in total. The van der Waals surface area contributed by atoms with E-state index in [1.54, 1.807) is 0 Å². The summed E-state index contributed by atoms with van der Waals surface area (Å²) in [4.78, 5) is 6.79. The lowest BCUT2D eigenvalue weighted by atomic mass is 9.96. The third kappa shape index (κ3) is 3.35. The van der Waals surface area contributed by atoms with Crippen molar-refractivity contribution in [2.24, 2.45) is 16.6 Å². The molecule has 0 spiro atoms. The molecule has 98 valence electrons. The van der Waals surface area contributed by atoms with Crippen molar-refractivity contribution in [3.8, 4) is 0 Å². The van der Waals surface area contributed by atoms with Crippen LogP contribution in [0.1, 0.15) is 45.4 Å². The van der Waals surface area contributed by atoms with Crippen molar-refractivity contribution in [3.05, 3.63) is 0 Å². The largest absolute Gasteiger partial charge is 0.393 e. The Labute approximate surface area is 104 Å². The van der Waals surface area contributed by atoms with E-state index in [0.29, 0.717) is 17.9 Å². The van der Waals surface area contributed by atoms with Crippen molar-refractivity contribution in [3.63, 3.8) is 0 Å². The van der Waals surface area contributed by atoms with Gasteiger partial charge < -0.3 is 15.7 Å². The minimum Gasteiger partial charge on any atom is -0.393 e. The lowest BCUT2D eigenvalue weighted by Crippen LogP contribution is -2.48. The number of nitrogens with two attached hydrogens (primary N) is 1. The Morgan fingerprint density at radius 1 is 1.24 bits per heavy atom. The fourth-order valence-corrected chi connectivity index (χ4v) is 2.82. The second-order valence-electron chi connectivity index (χ2n) is 5.56. The van der Waals surface area contributed by atoms with Crippen LogP contribution in [-0.4, -0.2) is 41.2 Å². The first kappa shape index (κ1) is 12.7. The molecule has 1 heterocycles. The van der Waals surface area contributed by atoms with Crippen LogP contribution in [-0.2, 0) is 0 Å². The lowest BCUT2D eigenvalue weighted by molar-refractivity contribution is 0.0584. The molecule has 4 nitrogen and oxygen atoms in total. The van der Waals surface area contributed by atoms with Gasteiger partial charge in [-0.05, 0) is 25.2 Å². The maximum absolute atomic E-state index is 9.69. The predicted molar refractivity (Wildman–Crippen MR) is 69.9 cm³/mol. The molecule has 0 aromatic carbocycles. The fraction of sp³-hybridized carbons (Fsp3) is 0.923. The maximum atomic E-state index is 9.69. The van der Waals surface area contributed by atoms with Gasteiger partial charge in [-0.3, -0.25) is 0 Å². The molecule has 0 aromatic heterocycles. The normalized spacial score (nSPS) is 32.8. The molecule has 1 saturated heterocycles. The minimum atomic E-state index is -0.172. The van der Waals surface area contributed by atoms with Crippen LogP contribution in [0.15, 0.2) is 4.99 Å². The molecule has 2 fully saturated rings. The molecule has 4 heteroatoms. The molecular formula is C13H25N3O. The van der Waals surface area contributed by atoms with Gasteiger partial charge in [-0.15, -0.1) is 0 Å². The van der Waals surface area contributed by atoms with E-state index in [4.69, 9.17) is 5.73 Å². The molecule has 0 aromatic rings. The zero-order valence-electron chi connectivity index (χ0n) is 10.8. The molecule has 2 rings (SSSR count). The first-order valence-electron chi connectivity index (χ1n) is 6.93. The number of piperidine rings is 1. The zero-order chi connectivity index (χ0) is 12.3. The molecular weight excluding hydrogens is 214 g/mol. The molecule has 2 unspecified atom stereocenters. The number of likely N-dealkylation sites (tertiary alicyclic amines) is 1. The van der Waals surface area contributed by atoms with Crippen molar-refractivity contribution in [1.29, 1.82) is 0 Å². The van der Waals surface area contributed by atoms with Crippen LogP contribution in [0.3, 0.4) is 0 Å². The van der Waals surface area contributed by atoms with E-state index in [9.17, 15) is 5.11 Å². The number of guanidine groups is 1. The summed E-state index contributed by atoms with van der Waals surface area (Å²) in [5, 5.41) is 9.69. The third-order valence-corrected chi connectivity index (χ3v) is 4.07. The monoisotopic (exact) mass is 239 g/mol. The van der Waals surface area contributed by atoms with Gasteiger partial charge in [0, 0.05) is 13.1 Å². The van der Waals surface area contributed by atoms with Gasteiger partial charge in [0.15, 0.2) is 5.96 Å². The van der Waals surface area contributed by atoms with Crippen LogP contribution in [0.2, 0.25) is 0 Å². The molecule has 1 aliphatic carbocycles. The van der Waals surface area contributed by atoms with E-state index in [1.165, 1.54) is 32.1 Å². The average Bonchev–Trinajstić information content (AvgIpc) is 2.34. The van der Waals surface area contributed by atoms with Gasteiger partial charge in [0.1, 0.15) is 0 Å². The number of rotatable bonds is 1. The molecule has 2 aliphatic rings. The van der Waals surface area contributed by atoms with E-state index in [0.717, 1.165) is 19.5 Å². The first-order valence-corrected chi connectivity index (χ1v) is 6.93. The SMILES string of the molecule is CC1CN(C(N)=NC2CCCCC2)CCC1O. The lowest BCUT2D eigenvalue weighted by Gasteiger charge is -2.35. The smallest absolute Gasteiger partial charge is 0.191 e. The molecule has 1 aliphatic heterocycles. The number of hydrogen-bond acceptors (Lipinski definition) is 2. The van der Waals surface area contributed by atoms with E-state index in [2.05, 4.69) is 16.8 Å². The van der Waals surface area contributed by atoms with E-state index < -0.39 is 0 Å². The van der Waals surface area contributed by atoms with Gasteiger partial charge in [-0.25, -0.2) is 4.99 Å². The van der Waals surface area contributed by atoms with Crippen LogP contribution in [0.4, 0.5) is 0 Å². The second-order valence-corrected chi connectivity index (χ2v) is 5.56. The average molecular weight is 239 g/mol. The van der Waals surface area contributed by atoms with Crippen LogP contribution in [0.5, 0.6) is 0 Å². The van der Waals surface area contributed by atoms with Crippen LogP contribution in [0.25, 0.3) is 0 Å². The molecule has 17 heavy (non-hydrogen) atoms. The summed E-state index contributed by atoms with van der Waals surface area (Å²) < 4.78 is 0. The Balaban J connectivity index is 1.90. The summed E-state index contributed by atoms with van der Waals surface area (Å²) in [6.45, 7) is 3.75. The number of nitrogens with zero attached hydrogens (tertiary/aromatic N) is 2. The fourth-order valence-electron chi connectivity index (χ4n) is 2.82. The summed E-state index contributed by atoms with van der Waals surface area (Å²) in [7, 11) is 0. The van der Waals surface area contributed by atoms with Gasteiger partial charge in [0.05, 0.1) is 12.1 Å². The van der Waals surface area contributed by atoms with Gasteiger partial charge in [0.25, 0.3) is 0 Å². The Kier molecular flexibility index (Phi) is 4.26. The molecule has 0 amide bonds. The Morgan fingerprint density at radius 2 is 1.94 bits per heavy atom. The minimum absolute atomic E-state index is 0.172. The number of aliphatic imine (C=N–C) groups is 1. The highest BCUT2D eigenvalue weighted by molar-refractivity contribution is 5.78. The van der Waals surface area contributed by atoms with E-state index in [-0.39, 0.29) is 6.10 Å². The van der Waals surface area contributed by atoms with Gasteiger partial charge >= 0.3 is 0 Å². The Bertz CT molecular complexity index is 274. The summed E-state index contributed by atoms with van der Waals surface area (Å²) in [6.07, 6.45) is 6.93. The number of aliphatic hydroxyl groups excluding tert-OH is 1. The summed E-state index contributed by atoms with van der Waals surface area (Å²) >= 11 is 0. The van der Waals surface area contributed by atoms with Crippen molar-refractivity contribution in [2.75, 3.05) is 13.1 Å². The molecule has 0 bridgehead atoms. The second kappa shape index (κ2) is 5.71. The van der Waals surface area contributed by atoms with Crippen LogP contribution >= 0.6 is 0 Å². The molecule has 0 radical (unpaired) electrons. The Morgan fingerprint density at radius 3 is 2.59 bits per heavy atom. The summed E-state index contributed by atoms with van der Waals surface area (Å²) in [6, 6.07) is 0.436. The van der Waals surface area contributed by atoms with E-state index >= 15 is 0 Å². The topological polar surface area (TPSA) is 61.8 Å². The van der Waals surface area contributed by atoms with Crippen LogP contribution < -0.4 is 5.73 Å². The highest BCUT2D eigenvalue weighted by Crippen LogP contribution is 2.21. The standard InChI is InChI=1S/C13H25N3O/c1-10-9-16(8-7-12(10)17)13(14)15-11-5-3-2-4-6-11/h10-12,17H,2-9H2,1H3,(H2,14,15). The first-order chi connectivity index (χ1) is 8.16. The van der Waals surface area contributed by atoms with Gasteiger partial charge in [-0.1, -0.05) is 26.2 Å². The maximum Gasteiger partial charge on any atom is 0.191 e. The van der Waals surface area contributed by atoms with Crippen molar-refractivity contribution in [1.82, 2.24) is 4.90 Å². The van der Waals surface area contributed by atoms with Crippen LogP contribution in [0, 0.1) is 5.92 Å². The molecule has 2 atom stereocenters.